The van der Waals surface area contributed by atoms with E-state index in [0.29, 0.717) is 105 Å². The number of aliphatic carboxylic acids is 1. The molecular weight excluding hydrogens is 1630 g/mol. The van der Waals surface area contributed by atoms with E-state index in [4.69, 9.17) is 58.5 Å². The van der Waals surface area contributed by atoms with Gasteiger partial charge in [-0.1, -0.05) is 34.8 Å². The molecule has 117 heavy (non-hydrogen) atoms. The molecule has 6 aliphatic carbocycles. The lowest BCUT2D eigenvalue weighted by molar-refractivity contribution is -0.155. The Bertz CT molecular complexity index is 4460. The summed E-state index contributed by atoms with van der Waals surface area (Å²) in [7, 11) is -11.7. The number of fused-ring (bicyclic) bond motifs is 6. The van der Waals surface area contributed by atoms with Crippen LogP contribution in [0.15, 0.2) is 87.5 Å². The number of benzene rings is 3. The number of hydrogen-bond acceptors (Lipinski definition) is 21. The monoisotopic (exact) mass is 1750 g/mol. The first-order valence-corrected chi connectivity index (χ1v) is 47.3. The first-order chi connectivity index (χ1) is 55.4. The van der Waals surface area contributed by atoms with Gasteiger partial charge in [-0.2, -0.15) is 12.9 Å². The molecule has 9 unspecified atom stereocenters. The van der Waals surface area contributed by atoms with Crippen molar-refractivity contribution >= 4 is 94.8 Å². The van der Waals surface area contributed by atoms with Crippen molar-refractivity contribution in [2.45, 2.75) is 274 Å². The lowest BCUT2D eigenvalue weighted by Gasteiger charge is -2.47. The Morgan fingerprint density at radius 1 is 0.427 bits per heavy atom. The third kappa shape index (κ3) is 18.1. The van der Waals surface area contributed by atoms with E-state index in [1.165, 1.54) is 52.8 Å². The van der Waals surface area contributed by atoms with E-state index in [1.807, 2.05) is 46.4 Å². The number of nitrogens with one attached hydrogen (secondary N) is 2. The van der Waals surface area contributed by atoms with Crippen molar-refractivity contribution in [3.05, 3.63) is 87.9 Å². The van der Waals surface area contributed by atoms with Crippen molar-refractivity contribution in [1.82, 2.24) is 43.1 Å². The topological polar surface area (TPSA) is 362 Å². The van der Waals surface area contributed by atoms with E-state index >= 15 is 0 Å². The van der Waals surface area contributed by atoms with Gasteiger partial charge in [0, 0.05) is 94.7 Å². The quantitative estimate of drug-likeness (QED) is 0.0703. The third-order valence-corrected chi connectivity index (χ3v) is 33.6. The fourth-order valence-corrected chi connectivity index (χ4v) is 26.1. The minimum Gasteiger partial charge on any atom is -0.479 e. The summed E-state index contributed by atoms with van der Waals surface area (Å²) in [4.78, 5) is 71.2. The summed E-state index contributed by atoms with van der Waals surface area (Å²) in [6.45, 7) is 16.2. The van der Waals surface area contributed by atoms with Gasteiger partial charge in [0.05, 0.1) is 103 Å². The number of likely N-dealkylation sites (tertiary alicyclic amines) is 2. The first kappa shape index (κ1) is 86.8. The summed E-state index contributed by atoms with van der Waals surface area (Å²) < 4.78 is 116. The highest BCUT2D eigenvalue weighted by Crippen LogP contribution is 2.60. The molecule has 15 fully saturated rings. The van der Waals surface area contributed by atoms with Crippen molar-refractivity contribution in [2.75, 3.05) is 78.9 Å². The van der Waals surface area contributed by atoms with E-state index in [1.54, 1.807) is 47.6 Å². The Morgan fingerprint density at radius 2 is 0.718 bits per heavy atom. The number of nitrogens with zero attached hydrogens (tertiary/aromatic N) is 7. The van der Waals surface area contributed by atoms with Gasteiger partial charge >= 0.3 is 18.2 Å². The average Bonchev–Trinajstić information content (AvgIpc) is 1.56. The van der Waals surface area contributed by atoms with Gasteiger partial charge < -0.3 is 64.5 Å². The predicted molar refractivity (Wildman–Crippen MR) is 431 cm³/mol. The highest BCUT2D eigenvalue weighted by molar-refractivity contribution is 7.89. The molecule has 0 spiro atoms. The predicted octanol–water partition coefficient (Wildman–Crippen LogP) is 7.96. The van der Waals surface area contributed by atoms with Crippen LogP contribution in [0.1, 0.15) is 157 Å². The molecule has 9 saturated heterocycles. The number of carbonyl (C=O) groups excluding carboxylic acids is 4. The van der Waals surface area contributed by atoms with Crippen LogP contribution >= 0.6 is 34.8 Å². The fourth-order valence-electron chi connectivity index (χ4n) is 19.9. The van der Waals surface area contributed by atoms with E-state index in [2.05, 4.69) is 10.6 Å². The summed E-state index contributed by atoms with van der Waals surface area (Å²) in [6, 6.07) is 16.3. The summed E-state index contributed by atoms with van der Waals surface area (Å²) >= 11 is 18.0. The van der Waals surface area contributed by atoms with Crippen molar-refractivity contribution in [1.29, 1.82) is 0 Å². The molecule has 0 aromatic heterocycles. The van der Waals surface area contributed by atoms with Gasteiger partial charge in [0.1, 0.15) is 23.4 Å². The van der Waals surface area contributed by atoms with Crippen LogP contribution in [0.5, 0.6) is 0 Å². The Hall–Kier alpha value is -5.11. The van der Waals surface area contributed by atoms with Crippen LogP contribution in [-0.4, -0.2) is 289 Å². The number of halogens is 3. The molecule has 9 heterocycles. The second-order valence-corrected chi connectivity index (χ2v) is 44.2. The summed E-state index contributed by atoms with van der Waals surface area (Å²) in [5.41, 5.74) is -3.74. The van der Waals surface area contributed by atoms with E-state index in [0.717, 1.165) is 90.1 Å². The molecule has 15 aliphatic rings. The number of sulfonamides is 3. The van der Waals surface area contributed by atoms with Gasteiger partial charge in [0.25, 0.3) is 11.8 Å². The molecule has 4 amide bonds. The zero-order valence-electron chi connectivity index (χ0n) is 67.3. The number of aliphatic hydroxyl groups is 3. The number of amides is 4. The van der Waals surface area contributed by atoms with E-state index < -0.39 is 100 Å². The number of rotatable bonds is 18. The fraction of sp³-hybridized carbons (Fsp3) is 0.720. The maximum Gasteiger partial charge on any atom is 0.410 e. The first-order valence-electron chi connectivity index (χ1n) is 41.8. The number of carbonyl (C=O) groups is 5. The minimum atomic E-state index is -3.95. The standard InChI is InChI=1S/C29H40ClN3O7S.C24H32ClN3O5S.C18H22ClNO6S.C11H20N2O2/c1-28(2,3)40-27(36)32-20-8-9-21(32)15-31(14-20)26(35)25(34)29(12-13-29)24-17-39-16-23(18-4-5-18)33(24)41(37,38)22-10-6-19(30)7-11-22;25-16-3-7-19(8-4-16)34(31,32)28-20(15-1-2-15)13-33-14-21(28)24(9-10-24)22(29)23(30)27-11-17-5-6-18(12-27)26-17;19-12-3-5-13(6-4-12)27(24,25)20-14(11-1-2-11)9-26-10-15(20)18(7-8-18)16(21)17(22)23;1-11(2,3)15-10(14)13-8-4-5-9(13)7-12-6-8/h6-7,10-11,18,20-21,23-25,34H,4-5,8-9,12-17H2,1-3H3;3-4,7-8,15,17-18,20-22,26,29H,1-2,5-6,9-14H2;3-6,11,14-16,21H,1-2,7-10H2,(H,22,23);8-9,12H,4-7H2,1-3H3/t20?,21?,23-,24+,25?;17?,18?,20-,21+,22?;14-,15+,16?;/m000./s1. The normalized spacial score (nSPS) is 31.3. The molecular formula is C82H114Cl3N9O20S3. The smallest absolute Gasteiger partial charge is 0.410 e. The molecule has 6 bridgehead atoms. The number of carboxylic acid groups (broad SMARTS) is 1. The maximum absolute atomic E-state index is 14.1. The lowest BCUT2D eigenvalue weighted by atomic mass is 9.87. The number of aliphatic hydroxyl groups excluding tert-OH is 3. The van der Waals surface area contributed by atoms with Gasteiger partial charge in [-0.3, -0.25) is 19.4 Å². The van der Waals surface area contributed by atoms with Gasteiger partial charge in [0.2, 0.25) is 30.1 Å². The second kappa shape index (κ2) is 33.5. The van der Waals surface area contributed by atoms with Crippen LogP contribution in [0, 0.1) is 34.0 Å². The summed E-state index contributed by atoms with van der Waals surface area (Å²) in [5, 5.41) is 51.0. The van der Waals surface area contributed by atoms with Crippen molar-refractivity contribution in [3.63, 3.8) is 0 Å². The molecule has 0 radical (unpaired) electrons. The van der Waals surface area contributed by atoms with Crippen molar-refractivity contribution in [3.8, 4) is 0 Å². The van der Waals surface area contributed by atoms with Crippen LogP contribution in [0.2, 0.25) is 15.1 Å². The summed E-state index contributed by atoms with van der Waals surface area (Å²) in [6.07, 6.45) is 9.90. The number of hydrogen-bond donors (Lipinski definition) is 6. The SMILES string of the molecule is CC(C)(C)OC(=O)N1C2CCC1CN(C(=O)C(O)C1([C@H]3COC[C@@H](C4CC4)N3S(=O)(=O)c3ccc(Cl)cc3)CC1)C2.CC(C)(C)OC(=O)N1C2CCC1CNC2.O=C(C(O)C1([C@H]2COC[C@@H](C3CC3)N2S(=O)(=O)c2ccc(Cl)cc2)CC1)N1CC2CCC(C1)N2.O=C(O)C(O)C1([C@H]2COC[C@@H](C3CC3)N2S(=O)(=O)c2ccc(Cl)cc2)CC1. The molecule has 6 N–H and O–H groups in total. The van der Waals surface area contributed by atoms with Crippen LogP contribution in [0.25, 0.3) is 0 Å². The Kier molecular flexibility index (Phi) is 24.9. The van der Waals surface area contributed by atoms with Crippen LogP contribution in [0.4, 0.5) is 9.59 Å². The zero-order chi connectivity index (χ0) is 83.4. The molecule has 15 atom stereocenters. The maximum atomic E-state index is 14.1. The molecule has 646 valence electrons. The second-order valence-electron chi connectivity index (χ2n) is 37.3. The minimum absolute atomic E-state index is 0.0837. The van der Waals surface area contributed by atoms with Gasteiger partial charge in [0.15, 0.2) is 6.10 Å². The van der Waals surface area contributed by atoms with Crippen molar-refractivity contribution in [2.24, 2.45) is 34.0 Å². The van der Waals surface area contributed by atoms with Crippen LogP contribution in [0.3, 0.4) is 0 Å². The highest BCUT2D eigenvalue weighted by atomic mass is 35.5. The lowest BCUT2D eigenvalue weighted by Crippen LogP contribution is -2.64. The van der Waals surface area contributed by atoms with Gasteiger partial charge in [-0.15, -0.1) is 0 Å². The number of carboxylic acids is 1. The highest BCUT2D eigenvalue weighted by Gasteiger charge is 2.68. The molecule has 3 aromatic rings. The van der Waals surface area contributed by atoms with Gasteiger partial charge in [-0.25, -0.2) is 39.6 Å². The molecule has 3 aromatic carbocycles. The van der Waals surface area contributed by atoms with Crippen molar-refractivity contribution < 1.29 is 93.3 Å². The summed E-state index contributed by atoms with van der Waals surface area (Å²) in [5.74, 6) is -1.36. The van der Waals surface area contributed by atoms with Crippen LogP contribution in [-0.2, 0) is 68.1 Å². The third-order valence-electron chi connectivity index (χ3n) is 27.0. The van der Waals surface area contributed by atoms with Crippen LogP contribution < -0.4 is 10.6 Å². The number of piperazine rings is 3. The van der Waals surface area contributed by atoms with E-state index in [-0.39, 0.29) is 125 Å². The zero-order valence-corrected chi connectivity index (χ0v) is 72.1. The Labute approximate surface area is 701 Å². The molecule has 6 saturated carbocycles. The average molecular weight is 1750 g/mol. The molecule has 9 aliphatic heterocycles. The Balaban J connectivity index is 0.000000128. The number of morpholine rings is 3. The van der Waals surface area contributed by atoms with E-state index in [9.17, 15) is 69.7 Å². The largest absolute Gasteiger partial charge is 0.479 e. The Morgan fingerprint density at radius 3 is 1.01 bits per heavy atom. The number of ether oxygens (including phenoxy) is 5. The molecule has 18 rings (SSSR count). The molecule has 35 heteroatoms. The van der Waals surface area contributed by atoms with Gasteiger partial charge in [-0.05, 0) is 248 Å². The molecule has 29 nitrogen and oxygen atoms in total.